The van der Waals surface area contributed by atoms with Gasteiger partial charge in [-0.05, 0) is 61.0 Å². The number of ether oxygens (including phenoxy) is 3. The maximum Gasteiger partial charge on any atom is 0.338 e. The average molecular weight is 444 g/mol. The van der Waals surface area contributed by atoms with Gasteiger partial charge in [-0.2, -0.15) is 0 Å². The maximum atomic E-state index is 13.2. The summed E-state index contributed by atoms with van der Waals surface area (Å²) in [4.78, 5) is 11.7. The number of anilines is 1. The summed E-state index contributed by atoms with van der Waals surface area (Å²) < 4.78 is 29.4. The summed E-state index contributed by atoms with van der Waals surface area (Å²) in [6.45, 7) is 2.87. The monoisotopic (exact) mass is 443 g/mol. The van der Waals surface area contributed by atoms with Gasteiger partial charge in [0.1, 0.15) is 12.4 Å². The Balaban J connectivity index is 1.61. The third-order valence-electron chi connectivity index (χ3n) is 4.52. The van der Waals surface area contributed by atoms with Crippen molar-refractivity contribution in [1.29, 1.82) is 0 Å². The average Bonchev–Trinajstić information content (AvgIpc) is 2.78. The second-order valence-corrected chi connectivity index (χ2v) is 7.07. The summed E-state index contributed by atoms with van der Waals surface area (Å²) in [5.41, 5.74) is 3.05. The molecule has 3 rings (SSSR count). The van der Waals surface area contributed by atoms with Crippen molar-refractivity contribution in [2.24, 2.45) is 0 Å². The molecule has 162 valence electrons. The van der Waals surface area contributed by atoms with E-state index in [1.807, 2.05) is 30.3 Å². The Hall–Kier alpha value is -3.25. The summed E-state index contributed by atoms with van der Waals surface area (Å²) in [7, 11) is 1.57. The highest BCUT2D eigenvalue weighted by atomic mass is 35.5. The summed E-state index contributed by atoms with van der Waals surface area (Å²) in [6.07, 6.45) is 0. The Morgan fingerprint density at radius 3 is 2.48 bits per heavy atom. The Morgan fingerprint density at radius 1 is 1.03 bits per heavy atom. The number of benzene rings is 3. The number of halogens is 2. The topological polar surface area (TPSA) is 56.8 Å². The SMILES string of the molecule is CCOC(=O)c1ccc(NCc2ccc(OCc3ccc(F)cc3Cl)c(OC)c2)cc1. The molecule has 0 aromatic heterocycles. The Bertz CT molecular complexity index is 1040. The Morgan fingerprint density at radius 2 is 1.81 bits per heavy atom. The van der Waals surface area contributed by atoms with E-state index in [1.54, 1.807) is 32.2 Å². The minimum atomic E-state index is -0.390. The van der Waals surface area contributed by atoms with Crippen molar-refractivity contribution >= 4 is 23.3 Å². The number of nitrogens with one attached hydrogen (secondary N) is 1. The molecule has 3 aromatic rings. The third kappa shape index (κ3) is 6.12. The molecule has 0 unspecified atom stereocenters. The zero-order valence-corrected chi connectivity index (χ0v) is 18.0. The molecule has 7 heteroatoms. The third-order valence-corrected chi connectivity index (χ3v) is 4.87. The van der Waals surface area contributed by atoms with Crippen LogP contribution in [-0.2, 0) is 17.9 Å². The van der Waals surface area contributed by atoms with Crippen molar-refractivity contribution in [1.82, 2.24) is 0 Å². The molecule has 0 atom stereocenters. The van der Waals surface area contributed by atoms with Crippen LogP contribution < -0.4 is 14.8 Å². The number of methoxy groups -OCH3 is 1. The first-order valence-electron chi connectivity index (χ1n) is 9.75. The Kier molecular flexibility index (Phi) is 7.73. The molecular formula is C24H23ClFNO4. The lowest BCUT2D eigenvalue weighted by molar-refractivity contribution is 0.0526. The van der Waals surface area contributed by atoms with Gasteiger partial charge in [-0.15, -0.1) is 0 Å². The molecule has 0 bridgehead atoms. The van der Waals surface area contributed by atoms with Crippen LogP contribution in [0, 0.1) is 5.82 Å². The highest BCUT2D eigenvalue weighted by molar-refractivity contribution is 6.31. The van der Waals surface area contributed by atoms with Gasteiger partial charge in [-0.1, -0.05) is 23.7 Å². The summed E-state index contributed by atoms with van der Waals surface area (Å²) in [5, 5.41) is 3.61. The van der Waals surface area contributed by atoms with E-state index in [4.69, 9.17) is 25.8 Å². The van der Waals surface area contributed by atoms with Crippen LogP contribution in [0.25, 0.3) is 0 Å². The normalized spacial score (nSPS) is 10.5. The zero-order chi connectivity index (χ0) is 22.2. The molecule has 0 aliphatic rings. The minimum Gasteiger partial charge on any atom is -0.493 e. The van der Waals surface area contributed by atoms with Crippen LogP contribution in [0.4, 0.5) is 10.1 Å². The van der Waals surface area contributed by atoms with Crippen molar-refractivity contribution in [3.63, 3.8) is 0 Å². The lowest BCUT2D eigenvalue weighted by Crippen LogP contribution is -2.05. The second-order valence-electron chi connectivity index (χ2n) is 6.66. The largest absolute Gasteiger partial charge is 0.493 e. The fourth-order valence-electron chi connectivity index (χ4n) is 2.88. The highest BCUT2D eigenvalue weighted by Crippen LogP contribution is 2.30. The number of carbonyl (C=O) groups is 1. The zero-order valence-electron chi connectivity index (χ0n) is 17.3. The highest BCUT2D eigenvalue weighted by Gasteiger charge is 2.09. The van der Waals surface area contributed by atoms with Crippen LogP contribution >= 0.6 is 11.6 Å². The van der Waals surface area contributed by atoms with Crippen molar-refractivity contribution in [3.8, 4) is 11.5 Å². The van der Waals surface area contributed by atoms with E-state index < -0.39 is 5.82 Å². The molecular weight excluding hydrogens is 421 g/mol. The number of esters is 1. The predicted molar refractivity (Wildman–Crippen MR) is 118 cm³/mol. The van der Waals surface area contributed by atoms with E-state index in [-0.39, 0.29) is 12.6 Å². The minimum absolute atomic E-state index is 0.194. The molecule has 0 heterocycles. The smallest absolute Gasteiger partial charge is 0.338 e. The van der Waals surface area contributed by atoms with Gasteiger partial charge in [0.2, 0.25) is 0 Å². The van der Waals surface area contributed by atoms with Crippen LogP contribution in [0.1, 0.15) is 28.4 Å². The fraction of sp³-hybridized carbons (Fsp3) is 0.208. The van der Waals surface area contributed by atoms with Gasteiger partial charge in [0.15, 0.2) is 11.5 Å². The van der Waals surface area contributed by atoms with Gasteiger partial charge in [0.25, 0.3) is 0 Å². The van der Waals surface area contributed by atoms with E-state index in [9.17, 15) is 9.18 Å². The summed E-state index contributed by atoms with van der Waals surface area (Å²) in [5.74, 6) is 0.413. The molecule has 1 N–H and O–H groups in total. The van der Waals surface area contributed by atoms with Gasteiger partial charge < -0.3 is 19.5 Å². The van der Waals surface area contributed by atoms with Crippen molar-refractivity contribution in [3.05, 3.63) is 88.2 Å². The molecule has 0 amide bonds. The van der Waals surface area contributed by atoms with Crippen molar-refractivity contribution in [2.75, 3.05) is 19.0 Å². The van der Waals surface area contributed by atoms with Crippen molar-refractivity contribution in [2.45, 2.75) is 20.1 Å². The molecule has 0 aliphatic carbocycles. The molecule has 31 heavy (non-hydrogen) atoms. The molecule has 0 aliphatic heterocycles. The van der Waals surface area contributed by atoms with Crippen LogP contribution in [0.3, 0.4) is 0 Å². The van der Waals surface area contributed by atoms with Gasteiger partial charge >= 0.3 is 5.97 Å². The first kappa shape index (κ1) is 22.4. The molecule has 0 saturated carbocycles. The van der Waals surface area contributed by atoms with E-state index in [0.29, 0.717) is 40.8 Å². The maximum absolute atomic E-state index is 13.2. The molecule has 0 fully saturated rings. The van der Waals surface area contributed by atoms with Gasteiger partial charge in [0.05, 0.1) is 24.3 Å². The lowest BCUT2D eigenvalue weighted by Gasteiger charge is -2.14. The first-order valence-corrected chi connectivity index (χ1v) is 10.1. The van der Waals surface area contributed by atoms with Crippen molar-refractivity contribution < 1.29 is 23.4 Å². The summed E-state index contributed by atoms with van der Waals surface area (Å²) >= 11 is 6.05. The molecule has 3 aromatic carbocycles. The molecule has 0 spiro atoms. The number of hydrogen-bond acceptors (Lipinski definition) is 5. The molecule has 0 saturated heterocycles. The standard InChI is InChI=1S/C24H23ClFNO4/c1-3-30-24(28)17-6-9-20(10-7-17)27-14-16-4-11-22(23(12-16)29-2)31-15-18-5-8-19(26)13-21(18)25/h4-13,27H,3,14-15H2,1-2H3. The van der Waals surface area contributed by atoms with E-state index in [1.165, 1.54) is 12.1 Å². The first-order chi connectivity index (χ1) is 15.0. The lowest BCUT2D eigenvalue weighted by atomic mass is 10.1. The Labute approximate surface area is 185 Å². The number of carbonyl (C=O) groups excluding carboxylic acids is 1. The quantitative estimate of drug-likeness (QED) is 0.420. The van der Waals surface area contributed by atoms with Crippen LogP contribution in [0.5, 0.6) is 11.5 Å². The molecule has 5 nitrogen and oxygen atoms in total. The van der Waals surface area contributed by atoms with E-state index >= 15 is 0 Å². The summed E-state index contributed by atoms with van der Waals surface area (Å²) in [6, 6.07) is 16.9. The van der Waals surface area contributed by atoms with E-state index in [2.05, 4.69) is 5.32 Å². The second kappa shape index (κ2) is 10.7. The number of rotatable bonds is 9. The van der Waals surface area contributed by atoms with Crippen LogP contribution in [0.15, 0.2) is 60.7 Å². The fourth-order valence-corrected chi connectivity index (χ4v) is 3.10. The van der Waals surface area contributed by atoms with Gasteiger partial charge in [-0.3, -0.25) is 0 Å². The molecule has 0 radical (unpaired) electrons. The van der Waals surface area contributed by atoms with Crippen LogP contribution in [0.2, 0.25) is 5.02 Å². The van der Waals surface area contributed by atoms with Gasteiger partial charge in [0, 0.05) is 17.8 Å². The predicted octanol–water partition coefficient (Wildman–Crippen LogP) is 5.86. The van der Waals surface area contributed by atoms with E-state index in [0.717, 1.165) is 11.3 Å². The van der Waals surface area contributed by atoms with Gasteiger partial charge in [-0.25, -0.2) is 9.18 Å². The van der Waals surface area contributed by atoms with Crippen LogP contribution in [-0.4, -0.2) is 19.7 Å². The number of hydrogen-bond donors (Lipinski definition) is 1.